The molecule has 1 saturated carbocycles. The third-order valence-electron chi connectivity index (χ3n) is 5.69. The average Bonchev–Trinajstić information content (AvgIpc) is 3.03. The Bertz CT molecular complexity index is 818. The first-order chi connectivity index (χ1) is 12.3. The monoisotopic (exact) mass is 337 g/mol. The van der Waals surface area contributed by atoms with Gasteiger partial charge in [-0.15, -0.1) is 0 Å². The van der Waals surface area contributed by atoms with Crippen LogP contribution in [0.5, 0.6) is 5.88 Å². The topological polar surface area (TPSA) is 69.1 Å². The van der Waals surface area contributed by atoms with E-state index >= 15 is 0 Å². The highest BCUT2D eigenvalue weighted by Gasteiger charge is 2.35. The molecule has 1 N–H and O–H groups in total. The molecule has 1 amide bonds. The van der Waals surface area contributed by atoms with E-state index in [-0.39, 0.29) is 12.5 Å². The fraction of sp³-hybridized carbons (Fsp3) is 0.500. The zero-order valence-electron chi connectivity index (χ0n) is 14.3. The second-order valence-electron chi connectivity index (χ2n) is 7.12. The van der Waals surface area contributed by atoms with Gasteiger partial charge >= 0.3 is 0 Å². The van der Waals surface area contributed by atoms with Crippen molar-refractivity contribution in [3.63, 3.8) is 0 Å². The Hall–Kier alpha value is -2.48. The van der Waals surface area contributed by atoms with E-state index in [2.05, 4.69) is 11.1 Å². The first kappa shape index (κ1) is 16.0. The van der Waals surface area contributed by atoms with E-state index in [1.54, 1.807) is 0 Å². The van der Waals surface area contributed by atoms with Crippen molar-refractivity contribution in [2.24, 2.45) is 5.92 Å². The van der Waals surface area contributed by atoms with Gasteiger partial charge in [0.15, 0.2) is 6.61 Å². The molecule has 2 fully saturated rings. The van der Waals surface area contributed by atoms with Gasteiger partial charge in [0.2, 0.25) is 5.88 Å². The summed E-state index contributed by atoms with van der Waals surface area (Å²) >= 11 is 0. The highest BCUT2D eigenvalue weighted by molar-refractivity contribution is 5.88. The summed E-state index contributed by atoms with van der Waals surface area (Å²) in [6.45, 7) is 0.825. The van der Waals surface area contributed by atoms with Crippen molar-refractivity contribution in [1.29, 1.82) is 5.26 Å². The van der Waals surface area contributed by atoms with Crippen LogP contribution >= 0.6 is 0 Å². The van der Waals surface area contributed by atoms with Gasteiger partial charge in [0.1, 0.15) is 11.6 Å². The lowest BCUT2D eigenvalue weighted by molar-refractivity contribution is -0.139. The van der Waals surface area contributed by atoms with Gasteiger partial charge in [0.05, 0.1) is 0 Å². The largest absolute Gasteiger partial charge is 0.468 e. The molecule has 130 valence electrons. The first-order valence-corrected chi connectivity index (χ1v) is 9.21. The third kappa shape index (κ3) is 2.97. The predicted octanol–water partition coefficient (Wildman–Crippen LogP) is 3.60. The predicted molar refractivity (Wildman–Crippen MR) is 95.2 cm³/mol. The molecule has 4 rings (SSSR count). The molecule has 1 aliphatic carbocycles. The lowest BCUT2D eigenvalue weighted by Crippen LogP contribution is -2.51. The van der Waals surface area contributed by atoms with Crippen molar-refractivity contribution >= 4 is 16.8 Å². The van der Waals surface area contributed by atoms with Gasteiger partial charge in [-0.3, -0.25) is 4.79 Å². The summed E-state index contributed by atoms with van der Waals surface area (Å²) < 4.78 is 5.74. The SMILES string of the molecule is N#Cc1c(OCC(=O)N2CCCC3CCCCC32)[nH]c2ccccc12. The fourth-order valence-electron chi connectivity index (χ4n) is 4.49. The molecule has 2 unspecified atom stereocenters. The number of aromatic amines is 1. The van der Waals surface area contributed by atoms with E-state index in [0.29, 0.717) is 23.4 Å². The Kier molecular flexibility index (Phi) is 4.35. The molecule has 1 saturated heterocycles. The first-order valence-electron chi connectivity index (χ1n) is 9.21. The van der Waals surface area contributed by atoms with Crippen LogP contribution in [0.3, 0.4) is 0 Å². The number of likely N-dealkylation sites (tertiary alicyclic amines) is 1. The fourth-order valence-corrected chi connectivity index (χ4v) is 4.49. The van der Waals surface area contributed by atoms with Crippen LogP contribution in [0.2, 0.25) is 0 Å². The summed E-state index contributed by atoms with van der Waals surface area (Å²) in [5, 5.41) is 10.3. The minimum absolute atomic E-state index is 0.00920. The molecule has 1 aliphatic heterocycles. The van der Waals surface area contributed by atoms with Crippen LogP contribution in [0.1, 0.15) is 44.1 Å². The number of aromatic nitrogens is 1. The van der Waals surface area contributed by atoms with Gasteiger partial charge in [-0.05, 0) is 37.7 Å². The lowest BCUT2D eigenvalue weighted by Gasteiger charge is -2.44. The summed E-state index contributed by atoms with van der Waals surface area (Å²) in [4.78, 5) is 17.9. The number of para-hydroxylation sites is 1. The molecule has 0 radical (unpaired) electrons. The zero-order chi connectivity index (χ0) is 17.2. The van der Waals surface area contributed by atoms with Gasteiger partial charge in [-0.25, -0.2) is 0 Å². The molecule has 5 heteroatoms. The number of carbonyl (C=O) groups excluding carboxylic acids is 1. The van der Waals surface area contributed by atoms with Crippen LogP contribution < -0.4 is 4.74 Å². The third-order valence-corrected chi connectivity index (χ3v) is 5.69. The van der Waals surface area contributed by atoms with Crippen molar-refractivity contribution < 1.29 is 9.53 Å². The number of rotatable bonds is 3. The Balaban J connectivity index is 1.48. The molecule has 25 heavy (non-hydrogen) atoms. The van der Waals surface area contributed by atoms with Crippen LogP contribution in [0, 0.1) is 17.2 Å². The molecule has 0 spiro atoms. The van der Waals surface area contributed by atoms with E-state index in [1.807, 2.05) is 29.2 Å². The van der Waals surface area contributed by atoms with Gasteiger partial charge in [0.25, 0.3) is 5.91 Å². The lowest BCUT2D eigenvalue weighted by atomic mass is 9.78. The van der Waals surface area contributed by atoms with Crippen molar-refractivity contribution in [1.82, 2.24) is 9.88 Å². The number of nitrogens with one attached hydrogen (secondary N) is 1. The Morgan fingerprint density at radius 3 is 2.92 bits per heavy atom. The molecule has 0 bridgehead atoms. The van der Waals surface area contributed by atoms with Crippen LogP contribution in [0.25, 0.3) is 10.9 Å². The van der Waals surface area contributed by atoms with Gasteiger partial charge < -0.3 is 14.6 Å². The number of amides is 1. The molecule has 1 aromatic carbocycles. The smallest absolute Gasteiger partial charge is 0.260 e. The maximum atomic E-state index is 12.7. The standard InChI is InChI=1S/C20H23N3O2/c21-12-16-15-8-2-3-9-17(15)22-20(16)25-13-19(24)23-11-5-7-14-6-1-4-10-18(14)23/h2-3,8-9,14,18,22H,1,4-7,10-11,13H2. The van der Waals surface area contributed by atoms with Crippen molar-refractivity contribution in [3.05, 3.63) is 29.8 Å². The number of hydrogen-bond donors (Lipinski definition) is 1. The number of fused-ring (bicyclic) bond motifs is 2. The maximum absolute atomic E-state index is 12.7. The Labute approximate surface area is 147 Å². The Morgan fingerprint density at radius 1 is 1.24 bits per heavy atom. The molecular weight excluding hydrogens is 314 g/mol. The number of piperidine rings is 1. The average molecular weight is 337 g/mol. The molecule has 2 atom stereocenters. The summed E-state index contributed by atoms with van der Waals surface area (Å²) in [7, 11) is 0. The van der Waals surface area contributed by atoms with E-state index in [1.165, 1.54) is 25.7 Å². The molecular formula is C20H23N3O2. The summed E-state index contributed by atoms with van der Waals surface area (Å²) in [5.74, 6) is 1.10. The number of hydrogen-bond acceptors (Lipinski definition) is 3. The van der Waals surface area contributed by atoms with Gasteiger partial charge in [-0.2, -0.15) is 5.26 Å². The summed E-state index contributed by atoms with van der Waals surface area (Å²) in [5.41, 5.74) is 1.32. The number of benzene rings is 1. The zero-order valence-corrected chi connectivity index (χ0v) is 14.3. The van der Waals surface area contributed by atoms with Crippen LogP contribution in [-0.4, -0.2) is 35.0 Å². The molecule has 2 aliphatic rings. The number of nitrogens with zero attached hydrogens (tertiary/aromatic N) is 2. The van der Waals surface area contributed by atoms with E-state index in [0.717, 1.165) is 30.3 Å². The number of H-pyrrole nitrogens is 1. The minimum Gasteiger partial charge on any atom is -0.468 e. The maximum Gasteiger partial charge on any atom is 0.260 e. The van der Waals surface area contributed by atoms with Crippen LogP contribution in [-0.2, 0) is 4.79 Å². The normalized spacial score (nSPS) is 23.1. The summed E-state index contributed by atoms with van der Waals surface area (Å²) in [6, 6.07) is 10.2. The van der Waals surface area contributed by atoms with Gasteiger partial charge in [-0.1, -0.05) is 31.0 Å². The Morgan fingerprint density at radius 2 is 2.04 bits per heavy atom. The van der Waals surface area contributed by atoms with Crippen molar-refractivity contribution in [2.45, 2.75) is 44.6 Å². The second-order valence-corrected chi connectivity index (χ2v) is 7.12. The number of ether oxygens (including phenoxy) is 1. The van der Waals surface area contributed by atoms with Crippen molar-refractivity contribution in [2.75, 3.05) is 13.2 Å². The number of nitriles is 1. The quantitative estimate of drug-likeness (QED) is 0.930. The molecule has 2 heterocycles. The summed E-state index contributed by atoms with van der Waals surface area (Å²) in [6.07, 6.45) is 7.20. The van der Waals surface area contributed by atoms with E-state index in [4.69, 9.17) is 4.74 Å². The number of carbonyl (C=O) groups is 1. The second kappa shape index (κ2) is 6.79. The van der Waals surface area contributed by atoms with Crippen LogP contribution in [0.4, 0.5) is 0 Å². The van der Waals surface area contributed by atoms with Crippen LogP contribution in [0.15, 0.2) is 24.3 Å². The molecule has 2 aromatic rings. The molecule has 5 nitrogen and oxygen atoms in total. The highest BCUT2D eigenvalue weighted by atomic mass is 16.5. The van der Waals surface area contributed by atoms with Crippen molar-refractivity contribution in [3.8, 4) is 11.9 Å². The van der Waals surface area contributed by atoms with Gasteiger partial charge in [0, 0.05) is 23.5 Å². The molecule has 1 aromatic heterocycles. The minimum atomic E-state index is -0.00920. The van der Waals surface area contributed by atoms with E-state index < -0.39 is 0 Å². The highest BCUT2D eigenvalue weighted by Crippen LogP contribution is 2.35. The van der Waals surface area contributed by atoms with E-state index in [9.17, 15) is 10.1 Å².